The number of carbonyl (C=O) groups is 1. The normalized spacial score (nSPS) is 12.0. The van der Waals surface area contributed by atoms with Gasteiger partial charge in [-0.1, -0.05) is 35.3 Å². The molecular weight excluding hydrogens is 329 g/mol. The molecule has 0 bridgehead atoms. The van der Waals surface area contributed by atoms with Crippen LogP contribution in [0.5, 0.6) is 0 Å². The van der Waals surface area contributed by atoms with Gasteiger partial charge in [-0.25, -0.2) is 9.78 Å². The zero-order valence-electron chi connectivity index (χ0n) is 11.6. The summed E-state index contributed by atoms with van der Waals surface area (Å²) in [6, 6.07) is 7.26. The van der Waals surface area contributed by atoms with Gasteiger partial charge in [0, 0.05) is 23.1 Å². The Labute approximate surface area is 137 Å². The molecule has 0 aliphatic rings. The van der Waals surface area contributed by atoms with Gasteiger partial charge in [0.15, 0.2) is 4.47 Å². The highest BCUT2D eigenvalue weighted by Crippen LogP contribution is 2.22. The summed E-state index contributed by atoms with van der Waals surface area (Å²) in [5.74, 6) is 0. The van der Waals surface area contributed by atoms with Crippen molar-refractivity contribution in [2.45, 2.75) is 19.5 Å². The van der Waals surface area contributed by atoms with E-state index in [1.54, 1.807) is 18.1 Å². The predicted molar refractivity (Wildman–Crippen MR) is 87.0 cm³/mol. The third kappa shape index (κ3) is 4.33. The monoisotopic (exact) mass is 343 g/mol. The molecule has 7 heteroatoms. The highest BCUT2D eigenvalue weighted by Gasteiger charge is 2.17. The average Bonchev–Trinajstić information content (AvgIpc) is 2.89. The maximum atomic E-state index is 12.2. The largest absolute Gasteiger partial charge is 0.333 e. The maximum absolute atomic E-state index is 12.2. The van der Waals surface area contributed by atoms with Gasteiger partial charge in [-0.3, -0.25) is 0 Å². The molecule has 0 fully saturated rings. The first-order valence-electron chi connectivity index (χ1n) is 6.33. The van der Waals surface area contributed by atoms with E-state index in [2.05, 4.69) is 10.3 Å². The number of aromatic nitrogens is 1. The molecule has 0 radical (unpaired) electrons. The van der Waals surface area contributed by atoms with Crippen LogP contribution in [0.1, 0.15) is 23.4 Å². The summed E-state index contributed by atoms with van der Waals surface area (Å²) >= 11 is 13.1. The van der Waals surface area contributed by atoms with Gasteiger partial charge >= 0.3 is 6.03 Å². The van der Waals surface area contributed by atoms with Gasteiger partial charge in [0.05, 0.1) is 12.6 Å². The molecule has 4 nitrogen and oxygen atoms in total. The van der Waals surface area contributed by atoms with Crippen molar-refractivity contribution < 1.29 is 4.79 Å². The Hall–Kier alpha value is -1.30. The first-order chi connectivity index (χ1) is 9.97. The second-order valence-electron chi connectivity index (χ2n) is 4.58. The number of carbonyl (C=O) groups excluding carboxylic acids is 1. The summed E-state index contributed by atoms with van der Waals surface area (Å²) in [7, 11) is 1.75. The number of nitrogens with one attached hydrogen (secondary N) is 1. The zero-order chi connectivity index (χ0) is 15.4. The minimum Gasteiger partial charge on any atom is -0.333 e. The Kier molecular flexibility index (Phi) is 5.45. The quantitative estimate of drug-likeness (QED) is 0.896. The lowest BCUT2D eigenvalue weighted by molar-refractivity contribution is 0.194. The van der Waals surface area contributed by atoms with Gasteiger partial charge in [0.2, 0.25) is 0 Å². The molecule has 1 aromatic heterocycles. The van der Waals surface area contributed by atoms with Crippen molar-refractivity contribution in [2.24, 2.45) is 0 Å². The standard InChI is InChI=1S/C14H15Cl2N3OS/c1-9(10-4-3-5-11(15)6-10)19(2)14(20)18-8-12-7-17-13(16)21-12/h3-7,9H,8H2,1-2H3,(H,18,20). The van der Waals surface area contributed by atoms with Gasteiger partial charge < -0.3 is 10.2 Å². The Morgan fingerprint density at radius 3 is 2.86 bits per heavy atom. The number of halogens is 2. The highest BCUT2D eigenvalue weighted by atomic mass is 35.5. The van der Waals surface area contributed by atoms with E-state index in [1.165, 1.54) is 11.3 Å². The number of rotatable bonds is 4. The number of benzene rings is 1. The van der Waals surface area contributed by atoms with Crippen LogP contribution in [0.4, 0.5) is 4.79 Å². The van der Waals surface area contributed by atoms with Crippen LogP contribution in [0.3, 0.4) is 0 Å². The van der Waals surface area contributed by atoms with Crippen molar-refractivity contribution in [3.8, 4) is 0 Å². The van der Waals surface area contributed by atoms with Crippen molar-refractivity contribution in [3.63, 3.8) is 0 Å². The van der Waals surface area contributed by atoms with E-state index in [0.717, 1.165) is 10.4 Å². The number of nitrogens with zero attached hydrogens (tertiary/aromatic N) is 2. The smallest absolute Gasteiger partial charge is 0.317 e. The molecule has 1 atom stereocenters. The Morgan fingerprint density at radius 2 is 2.24 bits per heavy atom. The van der Waals surface area contributed by atoms with Crippen LogP contribution in [0.15, 0.2) is 30.5 Å². The number of hydrogen-bond acceptors (Lipinski definition) is 3. The van der Waals surface area contributed by atoms with Crippen LogP contribution in [-0.4, -0.2) is 23.0 Å². The van der Waals surface area contributed by atoms with E-state index < -0.39 is 0 Å². The second kappa shape index (κ2) is 7.11. The van der Waals surface area contributed by atoms with Crippen molar-refractivity contribution in [1.29, 1.82) is 0 Å². The molecule has 0 saturated heterocycles. The fraction of sp³-hybridized carbons (Fsp3) is 0.286. The van der Waals surface area contributed by atoms with Crippen LogP contribution in [0.2, 0.25) is 9.49 Å². The van der Waals surface area contributed by atoms with Gasteiger partial charge in [0.25, 0.3) is 0 Å². The Bertz CT molecular complexity index is 632. The summed E-state index contributed by atoms with van der Waals surface area (Å²) < 4.78 is 0.472. The van der Waals surface area contributed by atoms with E-state index in [-0.39, 0.29) is 12.1 Å². The van der Waals surface area contributed by atoms with Crippen LogP contribution in [0, 0.1) is 0 Å². The molecule has 1 heterocycles. The first kappa shape index (κ1) is 16.1. The van der Waals surface area contributed by atoms with Crippen LogP contribution in [-0.2, 0) is 6.54 Å². The predicted octanol–water partition coefficient (Wildman–Crippen LogP) is 4.35. The van der Waals surface area contributed by atoms with Crippen LogP contribution >= 0.6 is 34.5 Å². The van der Waals surface area contributed by atoms with Gasteiger partial charge in [0.1, 0.15) is 0 Å². The molecule has 2 aromatic rings. The summed E-state index contributed by atoms with van der Waals surface area (Å²) in [5, 5.41) is 3.50. The fourth-order valence-electron chi connectivity index (χ4n) is 1.82. The summed E-state index contributed by atoms with van der Waals surface area (Å²) in [4.78, 5) is 18.6. The lowest BCUT2D eigenvalue weighted by Crippen LogP contribution is -2.38. The fourth-order valence-corrected chi connectivity index (χ4v) is 2.94. The highest BCUT2D eigenvalue weighted by molar-refractivity contribution is 7.15. The van der Waals surface area contributed by atoms with Gasteiger partial charge in [-0.15, -0.1) is 11.3 Å². The lowest BCUT2D eigenvalue weighted by Gasteiger charge is -2.25. The zero-order valence-corrected chi connectivity index (χ0v) is 14.0. The van der Waals surface area contributed by atoms with Crippen molar-refractivity contribution in [3.05, 3.63) is 50.4 Å². The Balaban J connectivity index is 1.95. The topological polar surface area (TPSA) is 45.2 Å². The molecular formula is C14H15Cl2N3OS. The molecule has 112 valence electrons. The van der Waals surface area contributed by atoms with E-state index in [4.69, 9.17) is 23.2 Å². The lowest BCUT2D eigenvalue weighted by atomic mass is 10.1. The summed E-state index contributed by atoms with van der Waals surface area (Å²) in [6.07, 6.45) is 1.66. The number of amides is 2. The van der Waals surface area contributed by atoms with E-state index in [0.29, 0.717) is 16.0 Å². The molecule has 21 heavy (non-hydrogen) atoms. The molecule has 1 N–H and O–H groups in total. The second-order valence-corrected chi connectivity index (χ2v) is 6.71. The van der Waals surface area contributed by atoms with Gasteiger partial charge in [-0.05, 0) is 24.6 Å². The Morgan fingerprint density at radius 1 is 1.48 bits per heavy atom. The average molecular weight is 344 g/mol. The summed E-state index contributed by atoms with van der Waals surface area (Å²) in [6.45, 7) is 2.37. The molecule has 0 spiro atoms. The SMILES string of the molecule is CC(c1cccc(Cl)c1)N(C)C(=O)NCc1cnc(Cl)s1. The minimum atomic E-state index is -0.160. The number of urea groups is 1. The minimum absolute atomic E-state index is 0.0752. The molecule has 0 aliphatic carbocycles. The first-order valence-corrected chi connectivity index (χ1v) is 7.91. The molecule has 2 amide bonds. The van der Waals surface area contributed by atoms with E-state index in [1.807, 2.05) is 31.2 Å². The third-order valence-electron chi connectivity index (χ3n) is 3.17. The van der Waals surface area contributed by atoms with Crippen LogP contribution < -0.4 is 5.32 Å². The number of thiazole rings is 1. The third-order valence-corrected chi connectivity index (χ3v) is 4.52. The molecule has 1 aromatic carbocycles. The van der Waals surface area contributed by atoms with Gasteiger partial charge in [-0.2, -0.15) is 0 Å². The summed E-state index contributed by atoms with van der Waals surface area (Å²) in [5.41, 5.74) is 0.987. The van der Waals surface area contributed by atoms with Crippen molar-refractivity contribution in [2.75, 3.05) is 7.05 Å². The molecule has 0 saturated carbocycles. The van der Waals surface area contributed by atoms with E-state index in [9.17, 15) is 4.79 Å². The maximum Gasteiger partial charge on any atom is 0.317 e. The van der Waals surface area contributed by atoms with Crippen LogP contribution in [0.25, 0.3) is 0 Å². The van der Waals surface area contributed by atoms with E-state index >= 15 is 0 Å². The van der Waals surface area contributed by atoms with Crippen molar-refractivity contribution >= 4 is 40.6 Å². The molecule has 1 unspecified atom stereocenters. The molecule has 2 rings (SSSR count). The van der Waals surface area contributed by atoms with Crippen molar-refractivity contribution in [1.82, 2.24) is 15.2 Å². The molecule has 0 aliphatic heterocycles. The number of hydrogen-bond donors (Lipinski definition) is 1.